The Labute approximate surface area is 146 Å². The number of methoxy groups -OCH3 is 2. The standard InChI is InChI=1S/C19H20N2O4/c1-13(22)20-16-10-9-15(12-17(16)24-2)21-19(23)18(25-3)11-14-7-5-4-6-8-14/h4-12H,1-3H3,(H,20,22)(H,21,23). The monoisotopic (exact) mass is 340 g/mol. The summed E-state index contributed by atoms with van der Waals surface area (Å²) in [6.45, 7) is 1.41. The number of hydrogen-bond acceptors (Lipinski definition) is 4. The number of carbonyl (C=O) groups is 2. The molecule has 0 fully saturated rings. The van der Waals surface area contributed by atoms with Crippen molar-refractivity contribution in [2.45, 2.75) is 6.92 Å². The van der Waals surface area contributed by atoms with E-state index in [0.29, 0.717) is 17.1 Å². The highest BCUT2D eigenvalue weighted by Gasteiger charge is 2.12. The first-order valence-electron chi connectivity index (χ1n) is 7.61. The number of hydrogen-bond donors (Lipinski definition) is 2. The molecule has 2 amide bonds. The number of nitrogens with one attached hydrogen (secondary N) is 2. The second-order valence-corrected chi connectivity index (χ2v) is 5.17. The molecule has 2 N–H and O–H groups in total. The molecule has 0 unspecified atom stereocenters. The Balaban J connectivity index is 2.18. The minimum Gasteiger partial charge on any atom is -0.494 e. The zero-order chi connectivity index (χ0) is 18.2. The molecule has 6 nitrogen and oxygen atoms in total. The van der Waals surface area contributed by atoms with Crippen molar-refractivity contribution in [3.63, 3.8) is 0 Å². The summed E-state index contributed by atoms with van der Waals surface area (Å²) in [6.07, 6.45) is 1.65. The van der Waals surface area contributed by atoms with Crippen LogP contribution in [0.25, 0.3) is 6.08 Å². The third-order valence-corrected chi connectivity index (χ3v) is 3.31. The fourth-order valence-corrected chi connectivity index (χ4v) is 2.17. The Morgan fingerprint density at radius 1 is 1.00 bits per heavy atom. The molecule has 2 aromatic rings. The summed E-state index contributed by atoms with van der Waals surface area (Å²) >= 11 is 0. The van der Waals surface area contributed by atoms with Crippen LogP contribution in [0.1, 0.15) is 12.5 Å². The van der Waals surface area contributed by atoms with E-state index in [4.69, 9.17) is 9.47 Å². The molecule has 0 radical (unpaired) electrons. The molecule has 6 heteroatoms. The van der Waals surface area contributed by atoms with Crippen molar-refractivity contribution in [2.24, 2.45) is 0 Å². The van der Waals surface area contributed by atoms with E-state index in [2.05, 4.69) is 10.6 Å². The number of amides is 2. The van der Waals surface area contributed by atoms with E-state index in [9.17, 15) is 9.59 Å². The number of anilines is 2. The Bertz CT molecular complexity index is 785. The fourth-order valence-electron chi connectivity index (χ4n) is 2.17. The van der Waals surface area contributed by atoms with Crippen LogP contribution >= 0.6 is 0 Å². The topological polar surface area (TPSA) is 76.7 Å². The number of benzene rings is 2. The number of carbonyl (C=O) groups excluding carboxylic acids is 2. The lowest BCUT2D eigenvalue weighted by Gasteiger charge is -2.12. The smallest absolute Gasteiger partial charge is 0.290 e. The molecular weight excluding hydrogens is 320 g/mol. The van der Waals surface area contributed by atoms with Crippen LogP contribution in [-0.2, 0) is 14.3 Å². The van der Waals surface area contributed by atoms with E-state index >= 15 is 0 Å². The van der Waals surface area contributed by atoms with Crippen LogP contribution in [0.15, 0.2) is 54.3 Å². The van der Waals surface area contributed by atoms with Crippen molar-refractivity contribution in [3.05, 3.63) is 59.9 Å². The van der Waals surface area contributed by atoms with Crippen molar-refractivity contribution in [3.8, 4) is 5.75 Å². The third-order valence-electron chi connectivity index (χ3n) is 3.31. The maximum Gasteiger partial charge on any atom is 0.290 e. The van der Waals surface area contributed by atoms with Gasteiger partial charge in [-0.3, -0.25) is 9.59 Å². The first-order chi connectivity index (χ1) is 12.0. The van der Waals surface area contributed by atoms with Crippen LogP contribution in [0.5, 0.6) is 5.75 Å². The number of rotatable bonds is 6. The second kappa shape index (κ2) is 8.54. The zero-order valence-electron chi connectivity index (χ0n) is 14.3. The van der Waals surface area contributed by atoms with Crippen molar-refractivity contribution in [1.29, 1.82) is 0 Å². The van der Waals surface area contributed by atoms with Gasteiger partial charge in [0.2, 0.25) is 5.91 Å². The zero-order valence-corrected chi connectivity index (χ0v) is 14.3. The van der Waals surface area contributed by atoms with E-state index < -0.39 is 0 Å². The van der Waals surface area contributed by atoms with Crippen molar-refractivity contribution in [2.75, 3.05) is 24.9 Å². The summed E-state index contributed by atoms with van der Waals surface area (Å²) in [4.78, 5) is 23.6. The van der Waals surface area contributed by atoms with E-state index in [1.807, 2.05) is 30.3 Å². The summed E-state index contributed by atoms with van der Waals surface area (Å²) in [5, 5.41) is 5.40. The lowest BCUT2D eigenvalue weighted by atomic mass is 10.2. The minimum absolute atomic E-state index is 0.177. The molecule has 0 bridgehead atoms. The van der Waals surface area contributed by atoms with Gasteiger partial charge in [0.1, 0.15) is 5.75 Å². The second-order valence-electron chi connectivity index (χ2n) is 5.17. The molecule has 0 saturated carbocycles. The van der Waals surface area contributed by atoms with Crippen molar-refractivity contribution >= 4 is 29.3 Å². The maximum atomic E-state index is 12.4. The van der Waals surface area contributed by atoms with Gasteiger partial charge in [-0.2, -0.15) is 0 Å². The van der Waals surface area contributed by atoms with Crippen LogP contribution in [0.2, 0.25) is 0 Å². The van der Waals surface area contributed by atoms with Crippen LogP contribution < -0.4 is 15.4 Å². The SMILES string of the molecule is COC(=Cc1ccccc1)C(=O)Nc1ccc(NC(C)=O)c(OC)c1. The molecule has 0 aliphatic rings. The summed E-state index contributed by atoms with van der Waals surface area (Å²) in [5.74, 6) is 0.0262. The Morgan fingerprint density at radius 3 is 2.32 bits per heavy atom. The van der Waals surface area contributed by atoms with Crippen LogP contribution in [-0.4, -0.2) is 26.0 Å². The molecule has 25 heavy (non-hydrogen) atoms. The lowest BCUT2D eigenvalue weighted by molar-refractivity contribution is -0.115. The van der Waals surface area contributed by atoms with Gasteiger partial charge in [0.25, 0.3) is 5.91 Å². The van der Waals surface area contributed by atoms with E-state index in [1.165, 1.54) is 21.1 Å². The molecule has 0 saturated heterocycles. The van der Waals surface area contributed by atoms with Gasteiger partial charge < -0.3 is 20.1 Å². The molecule has 0 aliphatic heterocycles. The van der Waals surface area contributed by atoms with Gasteiger partial charge in [0, 0.05) is 18.7 Å². The first-order valence-corrected chi connectivity index (χ1v) is 7.61. The largest absolute Gasteiger partial charge is 0.494 e. The molecule has 130 valence electrons. The Hall–Kier alpha value is -3.28. The molecule has 0 atom stereocenters. The average Bonchev–Trinajstić information content (AvgIpc) is 2.61. The number of ether oxygens (including phenoxy) is 2. The van der Waals surface area contributed by atoms with Crippen LogP contribution in [0.3, 0.4) is 0 Å². The molecule has 0 aromatic heterocycles. The van der Waals surface area contributed by atoms with Crippen LogP contribution in [0.4, 0.5) is 11.4 Å². The van der Waals surface area contributed by atoms with Crippen LogP contribution in [0, 0.1) is 0 Å². The van der Waals surface area contributed by atoms with Gasteiger partial charge in [-0.15, -0.1) is 0 Å². The highest BCUT2D eigenvalue weighted by atomic mass is 16.5. The van der Waals surface area contributed by atoms with Gasteiger partial charge in [0.05, 0.1) is 19.9 Å². The average molecular weight is 340 g/mol. The molecule has 0 spiro atoms. The predicted molar refractivity (Wildman–Crippen MR) is 97.4 cm³/mol. The van der Waals surface area contributed by atoms with Gasteiger partial charge >= 0.3 is 0 Å². The molecular formula is C19H20N2O4. The summed E-state index contributed by atoms with van der Waals surface area (Å²) < 4.78 is 10.4. The molecule has 2 aromatic carbocycles. The van der Waals surface area contributed by atoms with Gasteiger partial charge in [0.15, 0.2) is 5.76 Å². The van der Waals surface area contributed by atoms with E-state index in [0.717, 1.165) is 5.56 Å². The quantitative estimate of drug-likeness (QED) is 0.625. The van der Waals surface area contributed by atoms with E-state index in [1.54, 1.807) is 24.3 Å². The predicted octanol–water partition coefficient (Wildman–Crippen LogP) is 3.28. The maximum absolute atomic E-state index is 12.4. The highest BCUT2D eigenvalue weighted by molar-refractivity contribution is 6.05. The molecule has 0 aliphatic carbocycles. The lowest BCUT2D eigenvalue weighted by Crippen LogP contribution is -2.16. The highest BCUT2D eigenvalue weighted by Crippen LogP contribution is 2.28. The Morgan fingerprint density at radius 2 is 1.72 bits per heavy atom. The first kappa shape index (κ1) is 18.1. The minimum atomic E-state index is -0.388. The van der Waals surface area contributed by atoms with Gasteiger partial charge in [-0.05, 0) is 23.8 Å². The normalized spacial score (nSPS) is 10.8. The van der Waals surface area contributed by atoms with Crippen molar-refractivity contribution in [1.82, 2.24) is 0 Å². The fraction of sp³-hybridized carbons (Fsp3) is 0.158. The molecule has 0 heterocycles. The van der Waals surface area contributed by atoms with Crippen molar-refractivity contribution < 1.29 is 19.1 Å². The summed E-state index contributed by atoms with van der Waals surface area (Å²) in [6, 6.07) is 14.3. The summed E-state index contributed by atoms with van der Waals surface area (Å²) in [7, 11) is 2.93. The summed E-state index contributed by atoms with van der Waals surface area (Å²) in [5.41, 5.74) is 1.90. The molecule has 2 rings (SSSR count). The third kappa shape index (κ3) is 5.10. The van der Waals surface area contributed by atoms with E-state index in [-0.39, 0.29) is 17.6 Å². The van der Waals surface area contributed by atoms with Gasteiger partial charge in [-0.25, -0.2) is 0 Å². The van der Waals surface area contributed by atoms with Gasteiger partial charge in [-0.1, -0.05) is 30.3 Å². The Kier molecular flexibility index (Phi) is 6.17.